The van der Waals surface area contributed by atoms with Crippen molar-refractivity contribution in [1.29, 1.82) is 0 Å². The molecule has 0 N–H and O–H groups in total. The first-order valence-corrected chi connectivity index (χ1v) is 4.19. The van der Waals surface area contributed by atoms with Gasteiger partial charge in [0, 0.05) is 0 Å². The fourth-order valence-corrected chi connectivity index (χ4v) is 0.996. The molecule has 0 spiro atoms. The summed E-state index contributed by atoms with van der Waals surface area (Å²) in [5.74, 6) is 1.67. The summed E-state index contributed by atoms with van der Waals surface area (Å²) in [7, 11) is 0. The average molecular weight is 168 g/mol. The summed E-state index contributed by atoms with van der Waals surface area (Å²) in [6.45, 7) is 2.03. The van der Waals surface area contributed by atoms with Gasteiger partial charge in [-0.25, -0.2) is 9.59 Å². The van der Waals surface area contributed by atoms with E-state index in [0.29, 0.717) is 18.9 Å². The Labute approximate surface area is 71.4 Å². The highest BCUT2D eigenvalue weighted by Gasteiger charge is 2.26. The number of esters is 1. The van der Waals surface area contributed by atoms with Crippen LogP contribution in [0.3, 0.4) is 0 Å². The lowest BCUT2D eigenvalue weighted by Crippen LogP contribution is -2.08. The molecule has 0 unspecified atom stereocenters. The predicted octanol–water partition coefficient (Wildman–Crippen LogP) is 1.11. The topological polar surface area (TPSA) is 43.4 Å². The van der Waals surface area contributed by atoms with Crippen LogP contribution in [0.4, 0.5) is 0 Å². The first-order chi connectivity index (χ1) is 5.77. The number of carbonyl (C=O) groups is 1. The van der Waals surface area contributed by atoms with E-state index >= 15 is 0 Å². The van der Waals surface area contributed by atoms with Crippen LogP contribution in [0.1, 0.15) is 26.2 Å². The highest BCUT2D eigenvalue weighted by atomic mass is 16.5. The zero-order valence-electron chi connectivity index (χ0n) is 7.13. The van der Waals surface area contributed by atoms with E-state index in [9.17, 15) is 9.59 Å². The summed E-state index contributed by atoms with van der Waals surface area (Å²) >= 11 is 0. The molecule has 0 bridgehead atoms. The van der Waals surface area contributed by atoms with E-state index in [1.54, 1.807) is 12.9 Å². The molecule has 0 saturated heterocycles. The largest absolute Gasteiger partial charge is 0.462 e. The predicted molar refractivity (Wildman–Crippen MR) is 43.2 cm³/mol. The van der Waals surface area contributed by atoms with Gasteiger partial charge in [-0.1, -0.05) is 0 Å². The molecule has 66 valence electrons. The van der Waals surface area contributed by atoms with Crippen LogP contribution in [0.2, 0.25) is 0 Å². The number of ether oxygens (including phenoxy) is 1. The third-order valence-electron chi connectivity index (χ3n) is 1.83. The minimum atomic E-state index is -0.501. The minimum absolute atomic E-state index is 0.166. The van der Waals surface area contributed by atoms with Crippen LogP contribution in [0.15, 0.2) is 5.57 Å². The molecule has 0 aromatic rings. The smallest absolute Gasteiger partial charge is 0.345 e. The Morgan fingerprint density at radius 2 is 2.25 bits per heavy atom. The molecule has 3 heteroatoms. The number of hydrogen-bond acceptors (Lipinski definition) is 3. The van der Waals surface area contributed by atoms with Gasteiger partial charge in [0.05, 0.1) is 6.61 Å². The first kappa shape index (κ1) is 9.01. The number of carbonyl (C=O) groups excluding carboxylic acids is 2. The maximum atomic E-state index is 11.0. The molecule has 0 aromatic carbocycles. The quantitative estimate of drug-likeness (QED) is 0.359. The van der Waals surface area contributed by atoms with Gasteiger partial charge >= 0.3 is 5.97 Å². The van der Waals surface area contributed by atoms with Gasteiger partial charge in [0.25, 0.3) is 0 Å². The Bertz CT molecular complexity index is 222. The van der Waals surface area contributed by atoms with Crippen LogP contribution < -0.4 is 0 Å². The molecule has 0 atom stereocenters. The Hall–Kier alpha value is -1.08. The molecule has 12 heavy (non-hydrogen) atoms. The van der Waals surface area contributed by atoms with Gasteiger partial charge in [-0.3, -0.25) is 0 Å². The van der Waals surface area contributed by atoms with Gasteiger partial charge in [0.1, 0.15) is 11.5 Å². The van der Waals surface area contributed by atoms with Crippen molar-refractivity contribution >= 4 is 11.9 Å². The summed E-state index contributed by atoms with van der Waals surface area (Å²) in [4.78, 5) is 21.3. The van der Waals surface area contributed by atoms with Crippen molar-refractivity contribution in [3.63, 3.8) is 0 Å². The van der Waals surface area contributed by atoms with Gasteiger partial charge in [-0.05, 0) is 32.1 Å². The van der Waals surface area contributed by atoms with Gasteiger partial charge in [-0.15, -0.1) is 0 Å². The maximum absolute atomic E-state index is 11.0. The maximum Gasteiger partial charge on any atom is 0.345 e. The molecule has 0 aromatic heterocycles. The molecular formula is C9H12O3. The van der Waals surface area contributed by atoms with Gasteiger partial charge in [0.15, 0.2) is 0 Å². The lowest BCUT2D eigenvalue weighted by atomic mass is 10.1. The Morgan fingerprint density at radius 3 is 2.67 bits per heavy atom. The number of hydrogen-bond donors (Lipinski definition) is 0. The monoisotopic (exact) mass is 168 g/mol. The first-order valence-electron chi connectivity index (χ1n) is 4.19. The van der Waals surface area contributed by atoms with Crippen LogP contribution in [-0.4, -0.2) is 18.5 Å². The van der Waals surface area contributed by atoms with E-state index in [4.69, 9.17) is 0 Å². The summed E-state index contributed by atoms with van der Waals surface area (Å²) in [6.07, 6.45) is 2.78. The molecule has 3 nitrogen and oxygen atoms in total. The molecule has 0 amide bonds. The van der Waals surface area contributed by atoms with Crippen molar-refractivity contribution in [3.05, 3.63) is 5.57 Å². The standard InChI is InChI=1S/C9H12O3/c1-2-12-9(11)8(6-10)5-7-3-4-7/h7H,2-5H2,1H3. The SMILES string of the molecule is CCOC(=O)C(=C=O)CC1CC1. The van der Waals surface area contributed by atoms with Crippen LogP contribution in [-0.2, 0) is 14.3 Å². The van der Waals surface area contributed by atoms with Crippen LogP contribution in [0, 0.1) is 5.92 Å². The molecule has 1 aliphatic carbocycles. The second kappa shape index (κ2) is 4.07. The van der Waals surface area contributed by atoms with Crippen molar-refractivity contribution in [2.24, 2.45) is 5.92 Å². The van der Waals surface area contributed by atoms with Gasteiger partial charge in [0.2, 0.25) is 0 Å². The van der Waals surface area contributed by atoms with Gasteiger partial charge < -0.3 is 4.74 Å². The van der Waals surface area contributed by atoms with Crippen LogP contribution in [0.25, 0.3) is 0 Å². The van der Waals surface area contributed by atoms with Crippen molar-refractivity contribution < 1.29 is 14.3 Å². The fraction of sp³-hybridized carbons (Fsp3) is 0.667. The summed E-state index contributed by atoms with van der Waals surface area (Å²) in [6, 6.07) is 0. The Kier molecular flexibility index (Phi) is 3.06. The Balaban J connectivity index is 2.43. The van der Waals surface area contributed by atoms with E-state index in [2.05, 4.69) is 4.74 Å². The van der Waals surface area contributed by atoms with E-state index in [1.165, 1.54) is 0 Å². The molecule has 1 aliphatic rings. The number of rotatable bonds is 4. The van der Waals surface area contributed by atoms with Crippen molar-refractivity contribution in [3.8, 4) is 0 Å². The van der Waals surface area contributed by atoms with Crippen LogP contribution in [0.5, 0.6) is 0 Å². The average Bonchev–Trinajstić information content (AvgIpc) is 2.84. The normalized spacial score (nSPS) is 15.1. The molecule has 1 fully saturated rings. The van der Waals surface area contributed by atoms with E-state index in [-0.39, 0.29) is 5.57 Å². The third kappa shape index (κ3) is 2.51. The van der Waals surface area contributed by atoms with Crippen molar-refractivity contribution in [2.75, 3.05) is 6.61 Å². The minimum Gasteiger partial charge on any atom is -0.462 e. The van der Waals surface area contributed by atoms with E-state index < -0.39 is 5.97 Å². The molecule has 1 rings (SSSR count). The fourth-order valence-electron chi connectivity index (χ4n) is 0.996. The molecule has 0 heterocycles. The summed E-state index contributed by atoms with van der Waals surface area (Å²) in [5, 5.41) is 0. The van der Waals surface area contributed by atoms with E-state index in [0.717, 1.165) is 12.8 Å². The zero-order chi connectivity index (χ0) is 8.97. The molecule has 0 radical (unpaired) electrons. The second-order valence-corrected chi connectivity index (χ2v) is 2.95. The summed E-state index contributed by atoms with van der Waals surface area (Å²) < 4.78 is 4.69. The lowest BCUT2D eigenvalue weighted by molar-refractivity contribution is -0.138. The molecule has 0 aliphatic heterocycles. The van der Waals surface area contributed by atoms with Crippen molar-refractivity contribution in [1.82, 2.24) is 0 Å². The van der Waals surface area contributed by atoms with E-state index in [1.807, 2.05) is 0 Å². The van der Waals surface area contributed by atoms with Crippen molar-refractivity contribution in [2.45, 2.75) is 26.2 Å². The highest BCUT2D eigenvalue weighted by molar-refractivity contribution is 5.96. The molecule has 1 saturated carbocycles. The Morgan fingerprint density at radius 1 is 1.58 bits per heavy atom. The lowest BCUT2D eigenvalue weighted by Gasteiger charge is -2.00. The second-order valence-electron chi connectivity index (χ2n) is 2.95. The molecular weight excluding hydrogens is 156 g/mol. The third-order valence-corrected chi connectivity index (χ3v) is 1.83. The van der Waals surface area contributed by atoms with Crippen LogP contribution >= 0.6 is 0 Å². The van der Waals surface area contributed by atoms with Gasteiger partial charge in [-0.2, -0.15) is 0 Å². The highest BCUT2D eigenvalue weighted by Crippen LogP contribution is 2.34. The zero-order valence-corrected chi connectivity index (χ0v) is 7.13. The summed E-state index contributed by atoms with van der Waals surface area (Å²) in [5.41, 5.74) is 0.166.